The van der Waals surface area contributed by atoms with E-state index in [0.717, 1.165) is 10.0 Å². The summed E-state index contributed by atoms with van der Waals surface area (Å²) in [4.78, 5) is 0. The second-order valence-electron chi connectivity index (χ2n) is 2.42. The SMILES string of the molecule is COc1ccc(Br)cc1CS(=O)O. The molecule has 0 amide bonds. The summed E-state index contributed by atoms with van der Waals surface area (Å²) in [6, 6.07) is 5.35. The van der Waals surface area contributed by atoms with Gasteiger partial charge in [0.25, 0.3) is 0 Å². The highest BCUT2D eigenvalue weighted by Gasteiger charge is 2.05. The Labute approximate surface area is 87.5 Å². The Kier molecular flexibility index (Phi) is 3.90. The second kappa shape index (κ2) is 4.74. The van der Waals surface area contributed by atoms with Crippen molar-refractivity contribution >= 4 is 27.0 Å². The third kappa shape index (κ3) is 3.10. The van der Waals surface area contributed by atoms with Crippen LogP contribution in [0, 0.1) is 0 Å². The lowest BCUT2D eigenvalue weighted by Gasteiger charge is -2.06. The van der Waals surface area contributed by atoms with Crippen LogP contribution in [0.4, 0.5) is 0 Å². The molecule has 5 heteroatoms. The van der Waals surface area contributed by atoms with Crippen molar-refractivity contribution in [3.05, 3.63) is 28.2 Å². The van der Waals surface area contributed by atoms with Gasteiger partial charge in [0.05, 0.1) is 12.9 Å². The van der Waals surface area contributed by atoms with E-state index in [2.05, 4.69) is 15.9 Å². The van der Waals surface area contributed by atoms with Gasteiger partial charge < -0.3 is 9.29 Å². The molecule has 1 aromatic rings. The number of halogens is 1. The Morgan fingerprint density at radius 2 is 2.31 bits per heavy atom. The van der Waals surface area contributed by atoms with E-state index in [4.69, 9.17) is 9.29 Å². The van der Waals surface area contributed by atoms with E-state index in [-0.39, 0.29) is 5.75 Å². The second-order valence-corrected chi connectivity index (χ2v) is 4.27. The molecule has 1 aromatic carbocycles. The minimum absolute atomic E-state index is 0.0859. The molecule has 0 saturated carbocycles. The van der Waals surface area contributed by atoms with Gasteiger partial charge >= 0.3 is 0 Å². The predicted molar refractivity (Wildman–Crippen MR) is 55.2 cm³/mol. The van der Waals surface area contributed by atoms with E-state index in [9.17, 15) is 4.21 Å². The molecule has 0 aromatic heterocycles. The highest BCUT2D eigenvalue weighted by Crippen LogP contribution is 2.23. The maximum Gasteiger partial charge on any atom is 0.157 e. The van der Waals surface area contributed by atoms with E-state index < -0.39 is 11.1 Å². The van der Waals surface area contributed by atoms with Gasteiger partial charge in [-0.15, -0.1) is 0 Å². The first-order chi connectivity index (χ1) is 6.13. The highest BCUT2D eigenvalue weighted by molar-refractivity contribution is 9.10. The van der Waals surface area contributed by atoms with Crippen LogP contribution in [0.1, 0.15) is 5.56 Å². The van der Waals surface area contributed by atoms with E-state index in [1.54, 1.807) is 12.1 Å². The predicted octanol–water partition coefficient (Wildman–Crippen LogP) is 2.18. The lowest BCUT2D eigenvalue weighted by atomic mass is 10.2. The van der Waals surface area contributed by atoms with E-state index >= 15 is 0 Å². The quantitative estimate of drug-likeness (QED) is 0.852. The van der Waals surface area contributed by atoms with E-state index in [1.807, 2.05) is 6.07 Å². The summed E-state index contributed by atoms with van der Waals surface area (Å²) >= 11 is 1.44. The van der Waals surface area contributed by atoms with E-state index in [0.29, 0.717) is 5.75 Å². The normalized spacial score (nSPS) is 12.5. The summed E-state index contributed by atoms with van der Waals surface area (Å²) < 4.78 is 25.2. The molecule has 1 N–H and O–H groups in total. The lowest BCUT2D eigenvalue weighted by Crippen LogP contribution is -1.96. The standard InChI is InChI=1S/C8H9BrO3S/c1-12-8-3-2-7(9)4-6(8)5-13(10)11/h2-4H,5H2,1H3,(H,10,11). The van der Waals surface area contributed by atoms with Crippen LogP contribution in [-0.2, 0) is 16.8 Å². The maximum absolute atomic E-state index is 10.6. The van der Waals surface area contributed by atoms with Crippen molar-refractivity contribution in [1.29, 1.82) is 0 Å². The molecule has 0 aliphatic carbocycles. The summed E-state index contributed by atoms with van der Waals surface area (Å²) in [5, 5.41) is 0. The first-order valence-electron chi connectivity index (χ1n) is 3.53. The largest absolute Gasteiger partial charge is 0.496 e. The molecule has 1 rings (SSSR count). The molecule has 72 valence electrons. The lowest BCUT2D eigenvalue weighted by molar-refractivity contribution is 0.410. The number of hydrogen-bond acceptors (Lipinski definition) is 2. The van der Waals surface area contributed by atoms with Gasteiger partial charge in [-0.25, -0.2) is 4.21 Å². The molecule has 0 radical (unpaired) electrons. The van der Waals surface area contributed by atoms with Crippen molar-refractivity contribution < 1.29 is 13.5 Å². The smallest absolute Gasteiger partial charge is 0.157 e. The molecule has 0 fully saturated rings. The number of methoxy groups -OCH3 is 1. The molecule has 13 heavy (non-hydrogen) atoms. The highest BCUT2D eigenvalue weighted by atomic mass is 79.9. The maximum atomic E-state index is 10.6. The van der Waals surface area contributed by atoms with Crippen molar-refractivity contribution in [3.8, 4) is 5.75 Å². The zero-order valence-electron chi connectivity index (χ0n) is 6.99. The first-order valence-corrected chi connectivity index (χ1v) is 5.60. The zero-order chi connectivity index (χ0) is 9.84. The topological polar surface area (TPSA) is 46.5 Å². The van der Waals surface area contributed by atoms with Crippen LogP contribution < -0.4 is 4.74 Å². The van der Waals surface area contributed by atoms with Crippen molar-refractivity contribution in [3.63, 3.8) is 0 Å². The van der Waals surface area contributed by atoms with Crippen molar-refractivity contribution in [2.24, 2.45) is 0 Å². The Morgan fingerprint density at radius 3 is 2.85 bits per heavy atom. The third-order valence-corrected chi connectivity index (χ3v) is 2.57. The fourth-order valence-electron chi connectivity index (χ4n) is 0.993. The average Bonchev–Trinajstić information content (AvgIpc) is 2.03. The van der Waals surface area contributed by atoms with Crippen LogP contribution in [0.3, 0.4) is 0 Å². The van der Waals surface area contributed by atoms with Crippen molar-refractivity contribution in [1.82, 2.24) is 0 Å². The van der Waals surface area contributed by atoms with Crippen LogP contribution in [0.2, 0.25) is 0 Å². The molecule has 0 spiro atoms. The number of hydrogen-bond donors (Lipinski definition) is 1. The van der Waals surface area contributed by atoms with Crippen molar-refractivity contribution in [2.75, 3.05) is 7.11 Å². The van der Waals surface area contributed by atoms with Crippen molar-refractivity contribution in [2.45, 2.75) is 5.75 Å². The minimum atomic E-state index is -1.84. The number of ether oxygens (including phenoxy) is 1. The first kappa shape index (κ1) is 10.7. The Hall–Kier alpha value is -0.390. The summed E-state index contributed by atoms with van der Waals surface area (Å²) in [7, 11) is 1.53. The molecular weight excluding hydrogens is 256 g/mol. The zero-order valence-corrected chi connectivity index (χ0v) is 9.39. The Morgan fingerprint density at radius 1 is 1.62 bits per heavy atom. The fraction of sp³-hybridized carbons (Fsp3) is 0.250. The number of benzene rings is 1. The molecule has 1 unspecified atom stereocenters. The molecule has 0 heterocycles. The number of rotatable bonds is 3. The minimum Gasteiger partial charge on any atom is -0.496 e. The third-order valence-electron chi connectivity index (χ3n) is 1.52. The molecule has 3 nitrogen and oxygen atoms in total. The molecule has 0 saturated heterocycles. The van der Waals surface area contributed by atoms with Crippen LogP contribution in [-0.4, -0.2) is 15.9 Å². The van der Waals surface area contributed by atoms with Crippen LogP contribution in [0.25, 0.3) is 0 Å². The molecule has 1 atom stereocenters. The van der Waals surface area contributed by atoms with Gasteiger partial charge in [-0.1, -0.05) is 15.9 Å². The Bertz CT molecular complexity index is 327. The summed E-state index contributed by atoms with van der Waals surface area (Å²) in [6.45, 7) is 0. The van der Waals surface area contributed by atoms with Crippen LogP contribution in [0.15, 0.2) is 22.7 Å². The molecule has 0 aliphatic heterocycles. The van der Waals surface area contributed by atoms with Crippen LogP contribution in [0.5, 0.6) is 5.75 Å². The van der Waals surface area contributed by atoms with Gasteiger partial charge in [0.2, 0.25) is 0 Å². The average molecular weight is 265 g/mol. The van der Waals surface area contributed by atoms with Gasteiger partial charge in [-0.3, -0.25) is 0 Å². The molecule has 0 aliphatic rings. The Balaban J connectivity index is 3.01. The fourth-order valence-corrected chi connectivity index (χ4v) is 1.89. The van der Waals surface area contributed by atoms with Gasteiger partial charge in [0.1, 0.15) is 5.75 Å². The van der Waals surface area contributed by atoms with Gasteiger partial charge in [0.15, 0.2) is 11.1 Å². The molecule has 0 bridgehead atoms. The van der Waals surface area contributed by atoms with E-state index in [1.165, 1.54) is 7.11 Å². The van der Waals surface area contributed by atoms with Gasteiger partial charge in [-0.05, 0) is 18.2 Å². The monoisotopic (exact) mass is 264 g/mol. The van der Waals surface area contributed by atoms with Crippen LogP contribution >= 0.6 is 15.9 Å². The summed E-state index contributed by atoms with van der Waals surface area (Å²) in [6.07, 6.45) is 0. The van der Waals surface area contributed by atoms with Gasteiger partial charge in [0, 0.05) is 10.0 Å². The molecular formula is C8H9BrO3S. The summed E-state index contributed by atoms with van der Waals surface area (Å²) in [5.41, 5.74) is 0.720. The summed E-state index contributed by atoms with van der Waals surface area (Å²) in [5.74, 6) is 0.716. The van der Waals surface area contributed by atoms with Gasteiger partial charge in [-0.2, -0.15) is 0 Å².